The average Bonchev–Trinajstić information content (AvgIpc) is 2.57. The van der Waals surface area contributed by atoms with E-state index in [2.05, 4.69) is 25.7 Å². The summed E-state index contributed by atoms with van der Waals surface area (Å²) in [5, 5.41) is 3.24. The zero-order valence-electron chi connectivity index (χ0n) is 10.6. The van der Waals surface area contributed by atoms with Crippen LogP contribution in [0.4, 0.5) is 0 Å². The maximum Gasteiger partial charge on any atom is 0.223 e. The van der Waals surface area contributed by atoms with Gasteiger partial charge >= 0.3 is 0 Å². The number of likely N-dealkylation sites (N-methyl/N-ethyl adjacent to an activating group) is 1. The van der Waals surface area contributed by atoms with E-state index in [-0.39, 0.29) is 0 Å². The van der Waals surface area contributed by atoms with Gasteiger partial charge in [0.25, 0.3) is 0 Å². The molecule has 0 aromatic carbocycles. The third-order valence-electron chi connectivity index (χ3n) is 3.03. The van der Waals surface area contributed by atoms with Crippen LogP contribution in [0.2, 0.25) is 0 Å². The number of rotatable bonds is 7. The van der Waals surface area contributed by atoms with Crippen molar-refractivity contribution in [1.29, 1.82) is 0 Å². The molecule has 92 valence electrons. The molecule has 1 atom stereocenters. The monoisotopic (exact) mass is 224 g/mol. The predicted molar refractivity (Wildman–Crippen MR) is 67.3 cm³/mol. The number of likely N-dealkylation sites (tertiary alicyclic amines) is 1. The van der Waals surface area contributed by atoms with Gasteiger partial charge in [-0.3, -0.25) is 4.79 Å². The number of hydrogen-bond acceptors (Lipinski definition) is 2. The maximum absolute atomic E-state index is 11.7. The molecule has 1 unspecified atom stereocenters. The first-order chi connectivity index (χ1) is 7.67. The zero-order valence-corrected chi connectivity index (χ0v) is 10.6. The van der Waals surface area contributed by atoms with Crippen LogP contribution in [-0.4, -0.2) is 37.0 Å². The van der Waals surface area contributed by atoms with Crippen LogP contribution in [-0.2, 0) is 4.79 Å². The van der Waals surface area contributed by atoms with E-state index in [1.807, 2.05) is 4.90 Å². The van der Waals surface area contributed by atoms with Crippen molar-refractivity contribution in [3.8, 4) is 0 Å². The molecule has 1 fully saturated rings. The molecule has 1 aliphatic rings. The molecule has 0 aliphatic carbocycles. The van der Waals surface area contributed by atoms with Crippen LogP contribution in [0, 0.1) is 5.92 Å². The van der Waals surface area contributed by atoms with Crippen LogP contribution in [0.25, 0.3) is 0 Å². The molecule has 0 spiro atoms. The Morgan fingerprint density at radius 3 is 2.94 bits per heavy atom. The Morgan fingerprint density at radius 1 is 1.56 bits per heavy atom. The molecule has 1 heterocycles. The molecule has 1 rings (SSSR count). The van der Waals surface area contributed by atoms with Crippen molar-refractivity contribution in [2.24, 2.45) is 5.92 Å². The van der Waals surface area contributed by atoms with Gasteiger partial charge in [-0.25, -0.2) is 0 Å². The zero-order chi connectivity index (χ0) is 12.0. The Kier molecular flexibility index (Phi) is 5.53. The van der Waals surface area contributed by atoms with E-state index >= 15 is 0 Å². The maximum atomic E-state index is 11.7. The van der Waals surface area contributed by atoms with E-state index < -0.39 is 0 Å². The Bertz CT molecular complexity index is 250. The van der Waals surface area contributed by atoms with Crippen molar-refractivity contribution in [3.63, 3.8) is 0 Å². The number of hydrogen-bond donors (Lipinski definition) is 1. The fourth-order valence-corrected chi connectivity index (χ4v) is 2.24. The first kappa shape index (κ1) is 13.2. The molecule has 0 bridgehead atoms. The summed E-state index contributed by atoms with van der Waals surface area (Å²) in [5.41, 5.74) is 1.10. The van der Waals surface area contributed by atoms with Crippen LogP contribution in [0.3, 0.4) is 0 Å². The number of nitrogens with one attached hydrogen (secondary N) is 1. The molecule has 16 heavy (non-hydrogen) atoms. The predicted octanol–water partition coefficient (Wildman–Crippen LogP) is 1.80. The summed E-state index contributed by atoms with van der Waals surface area (Å²) in [6, 6.07) is 0. The van der Waals surface area contributed by atoms with Crippen molar-refractivity contribution in [1.82, 2.24) is 10.2 Å². The molecule has 0 aromatic rings. The quantitative estimate of drug-likeness (QED) is 0.669. The van der Waals surface area contributed by atoms with Gasteiger partial charge in [0.2, 0.25) is 5.91 Å². The molecular weight excluding hydrogens is 200 g/mol. The number of carbonyl (C=O) groups is 1. The highest BCUT2D eigenvalue weighted by atomic mass is 16.2. The Balaban J connectivity index is 2.32. The minimum Gasteiger partial charge on any atom is -0.338 e. The van der Waals surface area contributed by atoms with E-state index in [1.54, 1.807) is 0 Å². The second-order valence-corrected chi connectivity index (χ2v) is 4.66. The minimum absolute atomic E-state index is 0.302. The van der Waals surface area contributed by atoms with E-state index in [1.165, 1.54) is 12.8 Å². The molecule has 3 heteroatoms. The van der Waals surface area contributed by atoms with Crippen LogP contribution >= 0.6 is 0 Å². The third kappa shape index (κ3) is 3.97. The first-order valence-electron chi connectivity index (χ1n) is 6.32. The van der Waals surface area contributed by atoms with Gasteiger partial charge in [0.1, 0.15) is 0 Å². The normalized spacial score (nSPS) is 20.5. The van der Waals surface area contributed by atoms with Crippen molar-refractivity contribution < 1.29 is 4.79 Å². The van der Waals surface area contributed by atoms with Gasteiger partial charge in [0.15, 0.2) is 0 Å². The molecule has 0 radical (unpaired) electrons. The average molecular weight is 224 g/mol. The minimum atomic E-state index is 0.302. The smallest absolute Gasteiger partial charge is 0.223 e. The summed E-state index contributed by atoms with van der Waals surface area (Å²) in [7, 11) is 0. The lowest BCUT2D eigenvalue weighted by Gasteiger charge is -2.18. The Morgan fingerprint density at radius 2 is 2.31 bits per heavy atom. The van der Waals surface area contributed by atoms with Gasteiger partial charge in [-0.2, -0.15) is 0 Å². The summed E-state index contributed by atoms with van der Waals surface area (Å²) in [5.74, 6) is 0.875. The molecule has 1 saturated heterocycles. The highest BCUT2D eigenvalue weighted by Crippen LogP contribution is 2.22. The summed E-state index contributed by atoms with van der Waals surface area (Å²) >= 11 is 0. The van der Waals surface area contributed by atoms with Crippen molar-refractivity contribution in [2.75, 3.05) is 26.2 Å². The molecule has 0 aromatic heterocycles. The fourth-order valence-electron chi connectivity index (χ4n) is 2.24. The fraction of sp³-hybridized carbons (Fsp3) is 0.769. The second kappa shape index (κ2) is 6.69. The van der Waals surface area contributed by atoms with E-state index in [4.69, 9.17) is 0 Å². The standard InChI is InChI=1S/C13H24N2O/c1-4-6-12-7-13(16)15(10-12)9-11(3)8-14-5-2/h12,14H,3-10H2,1-2H3. The lowest BCUT2D eigenvalue weighted by Crippen LogP contribution is -2.30. The molecular formula is C13H24N2O. The van der Waals surface area contributed by atoms with E-state index in [9.17, 15) is 4.79 Å². The number of nitrogens with zero attached hydrogens (tertiary/aromatic N) is 1. The highest BCUT2D eigenvalue weighted by molar-refractivity contribution is 5.78. The summed E-state index contributed by atoms with van der Waals surface area (Å²) in [6.45, 7) is 11.7. The number of carbonyl (C=O) groups excluding carboxylic acids is 1. The Labute approximate surface area is 98.9 Å². The molecule has 0 saturated carbocycles. The molecule has 1 amide bonds. The third-order valence-corrected chi connectivity index (χ3v) is 3.03. The van der Waals surface area contributed by atoms with Crippen LogP contribution in [0.1, 0.15) is 33.1 Å². The summed E-state index contributed by atoms with van der Waals surface area (Å²) in [4.78, 5) is 13.7. The van der Waals surface area contributed by atoms with Gasteiger partial charge < -0.3 is 10.2 Å². The van der Waals surface area contributed by atoms with Crippen LogP contribution < -0.4 is 5.32 Å². The SMILES string of the molecule is C=C(CNCC)CN1CC(CCC)CC1=O. The molecule has 1 aliphatic heterocycles. The topological polar surface area (TPSA) is 32.3 Å². The lowest BCUT2D eigenvalue weighted by molar-refractivity contribution is -0.127. The first-order valence-corrected chi connectivity index (χ1v) is 6.32. The van der Waals surface area contributed by atoms with Gasteiger partial charge in [-0.1, -0.05) is 26.8 Å². The van der Waals surface area contributed by atoms with Crippen molar-refractivity contribution >= 4 is 5.91 Å². The van der Waals surface area contributed by atoms with E-state index in [0.29, 0.717) is 11.8 Å². The Hall–Kier alpha value is -0.830. The van der Waals surface area contributed by atoms with Crippen LogP contribution in [0.5, 0.6) is 0 Å². The van der Waals surface area contributed by atoms with Gasteiger partial charge in [-0.05, 0) is 24.5 Å². The second-order valence-electron chi connectivity index (χ2n) is 4.66. The lowest BCUT2D eigenvalue weighted by atomic mass is 10.0. The van der Waals surface area contributed by atoms with E-state index in [0.717, 1.165) is 38.2 Å². The summed E-state index contributed by atoms with van der Waals surface area (Å²) in [6.07, 6.45) is 3.08. The molecule has 1 N–H and O–H groups in total. The summed E-state index contributed by atoms with van der Waals surface area (Å²) < 4.78 is 0. The largest absolute Gasteiger partial charge is 0.338 e. The van der Waals surface area contributed by atoms with Crippen molar-refractivity contribution in [3.05, 3.63) is 12.2 Å². The molecule has 3 nitrogen and oxygen atoms in total. The van der Waals surface area contributed by atoms with Gasteiger partial charge in [0, 0.05) is 26.1 Å². The van der Waals surface area contributed by atoms with Gasteiger partial charge in [-0.15, -0.1) is 0 Å². The van der Waals surface area contributed by atoms with Crippen LogP contribution in [0.15, 0.2) is 12.2 Å². The van der Waals surface area contributed by atoms with Crippen molar-refractivity contribution in [2.45, 2.75) is 33.1 Å². The van der Waals surface area contributed by atoms with Gasteiger partial charge in [0.05, 0.1) is 0 Å². The highest BCUT2D eigenvalue weighted by Gasteiger charge is 2.28. The number of amides is 1.